The van der Waals surface area contributed by atoms with Gasteiger partial charge in [-0.3, -0.25) is 4.79 Å². The SMILES string of the molecule is CCc1nnc2sc(-c3ccc(OC)c(NC(=O)CSc4ccc(Cl)cc4)c3)nn12. The zero-order valence-corrected chi connectivity index (χ0v) is 18.6. The molecule has 2 aromatic carbocycles. The molecule has 0 spiro atoms. The van der Waals surface area contributed by atoms with Crippen molar-refractivity contribution in [3.05, 3.63) is 53.3 Å². The third kappa shape index (κ3) is 4.43. The number of thioether (sulfide) groups is 1. The lowest BCUT2D eigenvalue weighted by atomic mass is 10.2. The first-order valence-corrected chi connectivity index (χ1v) is 11.3. The number of halogens is 1. The summed E-state index contributed by atoms with van der Waals surface area (Å²) in [5, 5.41) is 17.3. The molecular weight excluding hydrogens is 442 g/mol. The van der Waals surface area contributed by atoms with Crippen LogP contribution in [0.4, 0.5) is 5.69 Å². The second kappa shape index (κ2) is 9.03. The molecule has 1 N–H and O–H groups in total. The molecule has 0 aliphatic heterocycles. The summed E-state index contributed by atoms with van der Waals surface area (Å²) in [5.41, 5.74) is 1.47. The van der Waals surface area contributed by atoms with Crippen LogP contribution in [-0.4, -0.2) is 38.6 Å². The topological polar surface area (TPSA) is 81.4 Å². The molecule has 154 valence electrons. The van der Waals surface area contributed by atoms with E-state index < -0.39 is 0 Å². The van der Waals surface area contributed by atoms with Crippen LogP contribution in [0.25, 0.3) is 15.5 Å². The van der Waals surface area contributed by atoms with E-state index >= 15 is 0 Å². The Hall–Kier alpha value is -2.62. The number of benzene rings is 2. The minimum absolute atomic E-state index is 0.128. The van der Waals surface area contributed by atoms with Crippen LogP contribution in [0.5, 0.6) is 5.75 Å². The van der Waals surface area contributed by atoms with Crippen molar-refractivity contribution in [2.75, 3.05) is 18.2 Å². The number of nitrogens with zero attached hydrogens (tertiary/aromatic N) is 4. The Morgan fingerprint density at radius 2 is 2.03 bits per heavy atom. The number of amides is 1. The second-order valence-corrected chi connectivity index (χ2v) is 8.72. The minimum atomic E-state index is -0.128. The number of ether oxygens (including phenoxy) is 1. The number of carbonyl (C=O) groups is 1. The molecule has 2 heterocycles. The molecule has 0 aliphatic rings. The summed E-state index contributed by atoms with van der Waals surface area (Å²) in [7, 11) is 1.57. The van der Waals surface area contributed by atoms with E-state index in [-0.39, 0.29) is 11.7 Å². The summed E-state index contributed by atoms with van der Waals surface area (Å²) in [6, 6.07) is 13.0. The van der Waals surface area contributed by atoms with Crippen molar-refractivity contribution in [1.29, 1.82) is 0 Å². The summed E-state index contributed by atoms with van der Waals surface area (Å²) in [6.45, 7) is 2.01. The first-order chi connectivity index (χ1) is 14.6. The number of aromatic nitrogens is 4. The summed E-state index contributed by atoms with van der Waals surface area (Å²) < 4.78 is 7.17. The van der Waals surface area contributed by atoms with Crippen molar-refractivity contribution in [2.45, 2.75) is 18.2 Å². The highest BCUT2D eigenvalue weighted by molar-refractivity contribution is 8.00. The van der Waals surface area contributed by atoms with Gasteiger partial charge in [0.05, 0.1) is 18.6 Å². The summed E-state index contributed by atoms with van der Waals surface area (Å²) >= 11 is 8.78. The minimum Gasteiger partial charge on any atom is -0.495 e. The number of rotatable bonds is 7. The Balaban J connectivity index is 1.52. The summed E-state index contributed by atoms with van der Waals surface area (Å²) in [5.74, 6) is 1.54. The molecule has 4 rings (SSSR count). The van der Waals surface area contributed by atoms with Crippen molar-refractivity contribution in [3.8, 4) is 16.3 Å². The van der Waals surface area contributed by atoms with Gasteiger partial charge in [0.15, 0.2) is 5.82 Å². The smallest absolute Gasteiger partial charge is 0.234 e. The van der Waals surface area contributed by atoms with E-state index in [1.54, 1.807) is 23.8 Å². The van der Waals surface area contributed by atoms with Gasteiger partial charge >= 0.3 is 0 Å². The lowest BCUT2D eigenvalue weighted by Crippen LogP contribution is -2.14. The third-order valence-corrected chi connectivity index (χ3v) is 6.49. The van der Waals surface area contributed by atoms with Crippen molar-refractivity contribution in [2.24, 2.45) is 0 Å². The second-order valence-electron chi connectivity index (χ2n) is 6.28. The van der Waals surface area contributed by atoms with Gasteiger partial charge in [-0.25, -0.2) is 0 Å². The van der Waals surface area contributed by atoms with Gasteiger partial charge in [0, 0.05) is 21.9 Å². The van der Waals surface area contributed by atoms with Crippen LogP contribution in [0.1, 0.15) is 12.7 Å². The first-order valence-electron chi connectivity index (χ1n) is 9.15. The maximum absolute atomic E-state index is 12.5. The van der Waals surface area contributed by atoms with Crippen molar-refractivity contribution in [3.63, 3.8) is 0 Å². The van der Waals surface area contributed by atoms with Crippen LogP contribution in [0.3, 0.4) is 0 Å². The van der Waals surface area contributed by atoms with Gasteiger partial charge in [0.25, 0.3) is 0 Å². The molecule has 0 bridgehead atoms. The first kappa shape index (κ1) is 20.6. The number of hydrogen-bond acceptors (Lipinski definition) is 7. The average molecular weight is 460 g/mol. The van der Waals surface area contributed by atoms with Gasteiger partial charge in [-0.1, -0.05) is 29.9 Å². The number of hydrogen-bond donors (Lipinski definition) is 1. The van der Waals surface area contributed by atoms with Crippen LogP contribution in [0.15, 0.2) is 47.4 Å². The summed E-state index contributed by atoms with van der Waals surface area (Å²) in [6.07, 6.45) is 0.750. The van der Waals surface area contributed by atoms with Gasteiger partial charge in [-0.15, -0.1) is 22.0 Å². The van der Waals surface area contributed by atoms with E-state index in [0.717, 1.165) is 32.7 Å². The van der Waals surface area contributed by atoms with Crippen LogP contribution in [-0.2, 0) is 11.2 Å². The largest absolute Gasteiger partial charge is 0.495 e. The Morgan fingerprint density at radius 1 is 1.23 bits per heavy atom. The van der Waals surface area contributed by atoms with Gasteiger partial charge in [0.2, 0.25) is 10.9 Å². The fourth-order valence-corrected chi connectivity index (χ4v) is 4.48. The van der Waals surface area contributed by atoms with Gasteiger partial charge in [0.1, 0.15) is 10.8 Å². The number of carbonyl (C=O) groups excluding carboxylic acids is 1. The predicted molar refractivity (Wildman–Crippen MR) is 121 cm³/mol. The predicted octanol–water partition coefficient (Wildman–Crippen LogP) is 4.81. The number of nitrogens with one attached hydrogen (secondary N) is 1. The quantitative estimate of drug-likeness (QED) is 0.399. The number of anilines is 1. The van der Waals surface area contributed by atoms with E-state index in [2.05, 4.69) is 20.6 Å². The molecular formula is C20H18ClN5O2S2. The molecule has 0 fully saturated rings. The van der Waals surface area contributed by atoms with Crippen molar-refractivity contribution in [1.82, 2.24) is 19.8 Å². The fraction of sp³-hybridized carbons (Fsp3) is 0.200. The molecule has 0 aliphatic carbocycles. The van der Waals surface area contributed by atoms with E-state index in [1.165, 1.54) is 23.1 Å². The van der Waals surface area contributed by atoms with Crippen LogP contribution in [0.2, 0.25) is 5.02 Å². The summed E-state index contributed by atoms with van der Waals surface area (Å²) in [4.78, 5) is 14.2. The lowest BCUT2D eigenvalue weighted by molar-refractivity contribution is -0.113. The maximum Gasteiger partial charge on any atom is 0.234 e. The van der Waals surface area contributed by atoms with E-state index in [9.17, 15) is 4.79 Å². The molecule has 0 saturated carbocycles. The highest BCUT2D eigenvalue weighted by Crippen LogP contribution is 2.33. The van der Waals surface area contributed by atoms with E-state index in [0.29, 0.717) is 16.5 Å². The molecule has 4 aromatic rings. The maximum atomic E-state index is 12.5. The monoisotopic (exact) mass is 459 g/mol. The molecule has 30 heavy (non-hydrogen) atoms. The molecule has 10 heteroatoms. The zero-order valence-electron chi connectivity index (χ0n) is 16.3. The Morgan fingerprint density at radius 3 is 2.77 bits per heavy atom. The number of fused-ring (bicyclic) bond motifs is 1. The van der Waals surface area contributed by atoms with Crippen LogP contribution in [0, 0.1) is 0 Å². The molecule has 1 amide bonds. The van der Waals surface area contributed by atoms with E-state index in [4.69, 9.17) is 16.3 Å². The van der Waals surface area contributed by atoms with Crippen LogP contribution < -0.4 is 10.1 Å². The van der Waals surface area contributed by atoms with E-state index in [1.807, 2.05) is 37.3 Å². The van der Waals surface area contributed by atoms with Gasteiger partial charge in [-0.05, 0) is 42.5 Å². The molecule has 0 saturated heterocycles. The molecule has 0 atom stereocenters. The van der Waals surface area contributed by atoms with Gasteiger partial charge in [-0.2, -0.15) is 9.61 Å². The van der Waals surface area contributed by atoms with Crippen molar-refractivity contribution >= 4 is 51.3 Å². The van der Waals surface area contributed by atoms with Gasteiger partial charge < -0.3 is 10.1 Å². The fourth-order valence-electron chi connectivity index (χ4n) is 2.80. The number of methoxy groups -OCH3 is 1. The zero-order chi connectivity index (χ0) is 21.1. The Kier molecular flexibility index (Phi) is 6.21. The number of aryl methyl sites for hydroxylation is 1. The average Bonchev–Trinajstić information content (AvgIpc) is 3.34. The molecule has 0 radical (unpaired) electrons. The standard InChI is InChI=1S/C20H18ClN5O2S2/c1-3-17-23-24-20-26(17)25-19(30-20)12-4-9-16(28-2)15(10-12)22-18(27)11-29-14-7-5-13(21)6-8-14/h4-10H,3,11H2,1-2H3,(H,22,27). The highest BCUT2D eigenvalue weighted by Gasteiger charge is 2.15. The Bertz CT molecular complexity index is 1190. The molecule has 0 unspecified atom stereocenters. The molecule has 7 nitrogen and oxygen atoms in total. The molecule has 2 aromatic heterocycles. The normalized spacial score (nSPS) is 11.0. The Labute approximate surface area is 186 Å². The van der Waals surface area contributed by atoms with Crippen LogP contribution >= 0.6 is 34.7 Å². The highest BCUT2D eigenvalue weighted by atomic mass is 35.5. The lowest BCUT2D eigenvalue weighted by Gasteiger charge is -2.11. The third-order valence-electron chi connectivity index (χ3n) is 4.28. The van der Waals surface area contributed by atoms with Crippen molar-refractivity contribution < 1.29 is 9.53 Å².